The van der Waals surface area contributed by atoms with Crippen LogP contribution in [0.3, 0.4) is 0 Å². The van der Waals surface area contributed by atoms with E-state index in [0.29, 0.717) is 24.7 Å². The summed E-state index contributed by atoms with van der Waals surface area (Å²) in [7, 11) is 3.26. The molecule has 7 nitrogen and oxygen atoms in total. The average Bonchev–Trinajstić information content (AvgIpc) is 2.89. The molecule has 2 heterocycles. The number of para-hydroxylation sites is 1. The highest BCUT2D eigenvalue weighted by molar-refractivity contribution is 5.91. The molecule has 1 fully saturated rings. The van der Waals surface area contributed by atoms with Gasteiger partial charge in [-0.1, -0.05) is 37.3 Å². The molecule has 0 atom stereocenters. The summed E-state index contributed by atoms with van der Waals surface area (Å²) < 4.78 is 10.9. The number of carbonyl (C=O) groups excluding carboxylic acids is 1. The topological polar surface area (TPSA) is 66.9 Å². The molecule has 0 radical (unpaired) electrons. The lowest BCUT2D eigenvalue weighted by Crippen LogP contribution is -2.50. The zero-order valence-electron chi connectivity index (χ0n) is 20.3. The van der Waals surface area contributed by atoms with Crippen molar-refractivity contribution < 1.29 is 14.3 Å². The van der Waals surface area contributed by atoms with E-state index in [1.165, 1.54) is 0 Å². The van der Waals surface area contributed by atoms with Crippen molar-refractivity contribution in [1.82, 2.24) is 9.88 Å². The second kappa shape index (κ2) is 10.5. The molecule has 1 aliphatic rings. The molecule has 1 aliphatic heterocycles. The van der Waals surface area contributed by atoms with Gasteiger partial charge in [0.05, 0.1) is 14.2 Å². The first-order chi connectivity index (χ1) is 16.5. The summed E-state index contributed by atoms with van der Waals surface area (Å²) in [5, 5.41) is 3.00. The minimum atomic E-state index is -0.131. The maximum atomic E-state index is 13.0. The lowest BCUT2D eigenvalue weighted by molar-refractivity contribution is 0.208. The molecule has 7 heteroatoms. The minimum absolute atomic E-state index is 0.131. The Hall–Kier alpha value is -3.74. The molecule has 3 aromatic rings. The third kappa shape index (κ3) is 4.93. The smallest absolute Gasteiger partial charge is 0.322 e. The van der Waals surface area contributed by atoms with E-state index in [4.69, 9.17) is 9.47 Å². The van der Waals surface area contributed by atoms with Gasteiger partial charge in [0.25, 0.3) is 0 Å². The van der Waals surface area contributed by atoms with E-state index in [-0.39, 0.29) is 6.03 Å². The Morgan fingerprint density at radius 2 is 1.76 bits per heavy atom. The van der Waals surface area contributed by atoms with Crippen LogP contribution in [0.15, 0.2) is 54.6 Å². The Kier molecular flexibility index (Phi) is 7.21. The zero-order chi connectivity index (χ0) is 24.1. The Morgan fingerprint density at radius 1 is 1.00 bits per heavy atom. The van der Waals surface area contributed by atoms with Crippen molar-refractivity contribution >= 4 is 17.4 Å². The second-order valence-corrected chi connectivity index (χ2v) is 8.30. The maximum Gasteiger partial charge on any atom is 0.322 e. The number of aryl methyl sites for hydroxylation is 2. The Bertz CT molecular complexity index is 1160. The monoisotopic (exact) mass is 460 g/mol. The first kappa shape index (κ1) is 23.4. The molecule has 0 unspecified atom stereocenters. The Balaban J connectivity index is 1.43. The number of piperazine rings is 1. The van der Waals surface area contributed by atoms with Gasteiger partial charge in [0.2, 0.25) is 5.88 Å². The quantitative estimate of drug-likeness (QED) is 0.561. The summed E-state index contributed by atoms with van der Waals surface area (Å²) in [5.74, 6) is 1.29. The van der Waals surface area contributed by atoms with Gasteiger partial charge in [-0.25, -0.2) is 9.78 Å². The third-order valence-corrected chi connectivity index (χ3v) is 6.29. The third-order valence-electron chi connectivity index (χ3n) is 6.29. The van der Waals surface area contributed by atoms with Crippen molar-refractivity contribution in [2.75, 3.05) is 50.6 Å². The van der Waals surface area contributed by atoms with Crippen molar-refractivity contribution in [3.63, 3.8) is 0 Å². The number of aromatic nitrogens is 1. The van der Waals surface area contributed by atoms with Crippen molar-refractivity contribution in [1.29, 1.82) is 0 Å². The second-order valence-electron chi connectivity index (χ2n) is 8.30. The number of ether oxygens (including phenoxy) is 2. The number of hydrogen-bond donors (Lipinski definition) is 1. The van der Waals surface area contributed by atoms with Gasteiger partial charge in [0.1, 0.15) is 11.4 Å². The van der Waals surface area contributed by atoms with Crippen LogP contribution in [0.25, 0.3) is 11.1 Å². The van der Waals surface area contributed by atoms with Gasteiger partial charge in [-0.15, -0.1) is 0 Å². The number of pyridine rings is 1. The number of urea groups is 1. The van der Waals surface area contributed by atoms with E-state index in [1.807, 2.05) is 36.1 Å². The van der Waals surface area contributed by atoms with Crippen molar-refractivity contribution in [3.8, 4) is 22.8 Å². The molecule has 0 spiro atoms. The van der Waals surface area contributed by atoms with Crippen LogP contribution in [0.4, 0.5) is 16.2 Å². The zero-order valence-corrected chi connectivity index (χ0v) is 20.3. The van der Waals surface area contributed by atoms with Crippen LogP contribution in [0.1, 0.15) is 18.2 Å². The number of nitrogens with one attached hydrogen (secondary N) is 1. The van der Waals surface area contributed by atoms with Crippen LogP contribution in [0.2, 0.25) is 0 Å². The Morgan fingerprint density at radius 3 is 2.47 bits per heavy atom. The summed E-state index contributed by atoms with van der Waals surface area (Å²) >= 11 is 0. The van der Waals surface area contributed by atoms with Gasteiger partial charge < -0.3 is 24.6 Å². The first-order valence-electron chi connectivity index (χ1n) is 11.6. The molecule has 0 saturated carbocycles. The number of anilines is 2. The normalized spacial score (nSPS) is 13.5. The molecular formula is C27H32N4O3. The number of amides is 2. The van der Waals surface area contributed by atoms with Crippen molar-refractivity contribution in [2.24, 2.45) is 0 Å². The molecule has 0 aliphatic carbocycles. The van der Waals surface area contributed by atoms with Crippen LogP contribution in [0, 0.1) is 6.92 Å². The SMILES string of the molecule is CCc1cc(NC(=O)N2CCN(c3cccc(-c4ccccc4OC)c3)CC2)c(OC)nc1C. The van der Waals surface area contributed by atoms with E-state index in [2.05, 4.69) is 52.5 Å². The number of rotatable bonds is 6. The summed E-state index contributed by atoms with van der Waals surface area (Å²) in [6, 6.07) is 18.3. The molecule has 2 aromatic carbocycles. The van der Waals surface area contributed by atoms with Gasteiger partial charge in [-0.05, 0) is 48.7 Å². The molecule has 4 rings (SSSR count). The van der Waals surface area contributed by atoms with Crippen LogP contribution in [0.5, 0.6) is 11.6 Å². The van der Waals surface area contributed by atoms with E-state index in [9.17, 15) is 4.79 Å². The number of hydrogen-bond acceptors (Lipinski definition) is 5. The van der Waals surface area contributed by atoms with Crippen LogP contribution in [-0.2, 0) is 6.42 Å². The number of carbonyl (C=O) groups is 1. The fraction of sp³-hybridized carbons (Fsp3) is 0.333. The van der Waals surface area contributed by atoms with Crippen LogP contribution in [-0.4, -0.2) is 56.3 Å². The lowest BCUT2D eigenvalue weighted by atomic mass is 10.0. The van der Waals surface area contributed by atoms with Gasteiger partial charge in [-0.2, -0.15) is 0 Å². The molecule has 1 N–H and O–H groups in total. The number of methoxy groups -OCH3 is 2. The molecule has 1 aromatic heterocycles. The molecule has 178 valence electrons. The summed E-state index contributed by atoms with van der Waals surface area (Å²) in [5.41, 5.74) is 5.94. The molecule has 34 heavy (non-hydrogen) atoms. The van der Waals surface area contributed by atoms with Crippen molar-refractivity contribution in [2.45, 2.75) is 20.3 Å². The maximum absolute atomic E-state index is 13.0. The number of benzene rings is 2. The fourth-order valence-electron chi connectivity index (χ4n) is 4.34. The van der Waals surface area contributed by atoms with Crippen molar-refractivity contribution in [3.05, 3.63) is 65.9 Å². The predicted octanol–water partition coefficient (Wildman–Crippen LogP) is 4.99. The summed E-state index contributed by atoms with van der Waals surface area (Å²) in [4.78, 5) is 21.6. The minimum Gasteiger partial charge on any atom is -0.496 e. The van der Waals surface area contributed by atoms with Gasteiger partial charge in [0.15, 0.2) is 0 Å². The predicted molar refractivity (Wildman–Crippen MR) is 136 cm³/mol. The average molecular weight is 461 g/mol. The highest BCUT2D eigenvalue weighted by Gasteiger charge is 2.23. The molecular weight excluding hydrogens is 428 g/mol. The lowest BCUT2D eigenvalue weighted by Gasteiger charge is -2.36. The van der Waals surface area contributed by atoms with Gasteiger partial charge in [0, 0.05) is 43.1 Å². The highest BCUT2D eigenvalue weighted by Crippen LogP contribution is 2.32. The standard InChI is InChI=1S/C27H32N4O3/c1-5-20-18-24(26(34-4)28-19(20)2)29-27(32)31-15-13-30(14-16-31)22-10-8-9-21(17-22)23-11-6-7-12-25(23)33-3/h6-12,17-18H,5,13-16H2,1-4H3,(H,29,32). The van der Waals surface area contributed by atoms with E-state index in [0.717, 1.165) is 53.3 Å². The fourth-order valence-corrected chi connectivity index (χ4v) is 4.34. The Labute approximate surface area is 201 Å². The molecule has 2 amide bonds. The van der Waals surface area contributed by atoms with E-state index in [1.54, 1.807) is 14.2 Å². The largest absolute Gasteiger partial charge is 0.496 e. The summed E-state index contributed by atoms with van der Waals surface area (Å²) in [6.45, 7) is 6.80. The number of nitrogens with zero attached hydrogens (tertiary/aromatic N) is 3. The highest BCUT2D eigenvalue weighted by atomic mass is 16.5. The molecule has 1 saturated heterocycles. The van der Waals surface area contributed by atoms with Gasteiger partial charge in [-0.3, -0.25) is 0 Å². The van der Waals surface area contributed by atoms with Gasteiger partial charge >= 0.3 is 6.03 Å². The molecule has 0 bridgehead atoms. The van der Waals surface area contributed by atoms with Crippen LogP contribution < -0.4 is 19.7 Å². The van der Waals surface area contributed by atoms with Crippen LogP contribution >= 0.6 is 0 Å². The van der Waals surface area contributed by atoms with E-state index >= 15 is 0 Å². The first-order valence-corrected chi connectivity index (χ1v) is 11.6. The summed E-state index contributed by atoms with van der Waals surface area (Å²) in [6.07, 6.45) is 0.846. The van der Waals surface area contributed by atoms with E-state index < -0.39 is 0 Å².